The molecule has 4 heterocycles. The summed E-state index contributed by atoms with van der Waals surface area (Å²) in [6, 6.07) is 6.91. The van der Waals surface area contributed by atoms with Gasteiger partial charge in [-0.3, -0.25) is 38.9 Å². The van der Waals surface area contributed by atoms with Crippen LogP contribution in [0.15, 0.2) is 48.8 Å². The van der Waals surface area contributed by atoms with E-state index in [0.29, 0.717) is 18.7 Å². The van der Waals surface area contributed by atoms with E-state index in [2.05, 4.69) is 27.6 Å². The maximum Gasteiger partial charge on any atom is 0.416 e. The number of amides is 5. The van der Waals surface area contributed by atoms with Crippen LogP contribution < -0.4 is 20.3 Å². The lowest BCUT2D eigenvalue weighted by atomic mass is 9.98. The molecule has 15 heteroatoms. The van der Waals surface area contributed by atoms with E-state index in [-0.39, 0.29) is 53.3 Å². The molecule has 2 N–H and O–H groups in total. The number of carbonyl (C=O) groups is 5. The summed E-state index contributed by atoms with van der Waals surface area (Å²) in [5.74, 6) is 3.47. The summed E-state index contributed by atoms with van der Waals surface area (Å²) >= 11 is 0. The smallest absolute Gasteiger partial charge is 0.416 e. The number of nitrogens with one attached hydrogen (secondary N) is 2. The molecule has 1 atom stereocenters. The van der Waals surface area contributed by atoms with Gasteiger partial charge < -0.3 is 15.0 Å². The highest BCUT2D eigenvalue weighted by Gasteiger charge is 2.45. The van der Waals surface area contributed by atoms with Gasteiger partial charge >= 0.3 is 6.18 Å². The summed E-state index contributed by atoms with van der Waals surface area (Å²) < 4.78 is 47.5. The minimum atomic E-state index is -4.57. The van der Waals surface area contributed by atoms with Gasteiger partial charge in [-0.25, -0.2) is 0 Å². The third-order valence-electron chi connectivity index (χ3n) is 10.0. The van der Waals surface area contributed by atoms with Crippen LogP contribution in [0.5, 0.6) is 5.75 Å². The van der Waals surface area contributed by atoms with Crippen LogP contribution in [0.4, 0.5) is 24.5 Å². The van der Waals surface area contributed by atoms with Gasteiger partial charge in [0.1, 0.15) is 17.3 Å². The number of piperidine rings is 1. The molecule has 1 saturated carbocycles. The molecule has 5 amide bonds. The maximum atomic E-state index is 13.5. The summed E-state index contributed by atoms with van der Waals surface area (Å²) in [4.78, 5) is 66.5. The van der Waals surface area contributed by atoms with E-state index in [1.165, 1.54) is 16.9 Å². The topological polar surface area (TPSA) is 143 Å². The lowest BCUT2D eigenvalue weighted by Gasteiger charge is -2.38. The fourth-order valence-electron chi connectivity index (χ4n) is 6.23. The van der Waals surface area contributed by atoms with Crippen molar-refractivity contribution in [3.05, 3.63) is 71.0 Å². The van der Waals surface area contributed by atoms with Gasteiger partial charge in [0, 0.05) is 36.8 Å². The molecule has 3 aromatic rings. The molecule has 3 fully saturated rings. The first kappa shape index (κ1) is 34.8. The van der Waals surface area contributed by atoms with Gasteiger partial charge in [0.15, 0.2) is 0 Å². The van der Waals surface area contributed by atoms with E-state index < -0.39 is 52.9 Å². The van der Waals surface area contributed by atoms with Crippen LogP contribution in [0.3, 0.4) is 0 Å². The number of nitrogens with zero attached hydrogens (tertiary/aromatic N) is 4. The van der Waals surface area contributed by atoms with Crippen molar-refractivity contribution in [2.24, 2.45) is 11.3 Å². The lowest BCUT2D eigenvalue weighted by Crippen LogP contribution is -2.54. The number of imide groups is 2. The average Bonchev–Trinajstić information content (AvgIpc) is 3.50. The first-order valence-electron chi connectivity index (χ1n) is 16.9. The van der Waals surface area contributed by atoms with Crippen molar-refractivity contribution in [1.29, 1.82) is 0 Å². The van der Waals surface area contributed by atoms with Crippen LogP contribution in [-0.4, -0.2) is 70.0 Å². The fourth-order valence-corrected chi connectivity index (χ4v) is 6.23. The van der Waals surface area contributed by atoms with E-state index in [4.69, 9.17) is 4.74 Å². The van der Waals surface area contributed by atoms with Gasteiger partial charge in [0.25, 0.3) is 17.7 Å². The molecular weight excluding hydrogens is 681 g/mol. The van der Waals surface area contributed by atoms with Crippen LogP contribution >= 0.6 is 0 Å². The van der Waals surface area contributed by atoms with Crippen LogP contribution in [0.25, 0.3) is 0 Å². The molecule has 0 bridgehead atoms. The third-order valence-corrected chi connectivity index (χ3v) is 10.0. The zero-order valence-corrected chi connectivity index (χ0v) is 28.6. The second-order valence-electron chi connectivity index (χ2n) is 14.5. The first-order chi connectivity index (χ1) is 24.5. The summed E-state index contributed by atoms with van der Waals surface area (Å²) in [5, 5.41) is 9.24. The number of halogens is 3. The van der Waals surface area contributed by atoms with Crippen molar-refractivity contribution in [2.75, 3.05) is 29.9 Å². The predicted octanol–water partition coefficient (Wildman–Crippen LogP) is 4.34. The average molecular weight is 717 g/mol. The number of hydrogen-bond acceptors (Lipinski definition) is 8. The van der Waals surface area contributed by atoms with E-state index >= 15 is 0 Å². The van der Waals surface area contributed by atoms with Gasteiger partial charge in [0.05, 0.1) is 46.7 Å². The number of rotatable bonds is 8. The maximum absolute atomic E-state index is 13.5. The summed E-state index contributed by atoms with van der Waals surface area (Å²) in [6.45, 7) is 6.60. The SMILES string of the molecule is CC1(COc2cc(C(F)(F)F)ccc2NC(=O)C(C)(C)n2cc(C#CC3CN(c4ccc5c(c4)C(=O)N(C4CCC(=O)NC4=O)C5=O)C3)cn2)CC1. The predicted molar refractivity (Wildman–Crippen MR) is 180 cm³/mol. The van der Waals surface area contributed by atoms with Crippen LogP contribution in [0.1, 0.15) is 78.3 Å². The van der Waals surface area contributed by atoms with Gasteiger partial charge in [-0.1, -0.05) is 18.8 Å². The van der Waals surface area contributed by atoms with Gasteiger partial charge in [-0.05, 0) is 69.5 Å². The molecule has 2 saturated heterocycles. The zero-order chi connectivity index (χ0) is 37.2. The summed E-state index contributed by atoms with van der Waals surface area (Å²) in [6.07, 6.45) is 0.536. The highest BCUT2D eigenvalue weighted by molar-refractivity contribution is 6.23. The Balaban J connectivity index is 0.975. The normalized spacial score (nSPS) is 19.8. The monoisotopic (exact) mass is 716 g/mol. The van der Waals surface area contributed by atoms with Crippen molar-refractivity contribution in [1.82, 2.24) is 20.0 Å². The Morgan fingerprint density at radius 3 is 2.48 bits per heavy atom. The Hall–Kier alpha value is -5.65. The van der Waals surface area contributed by atoms with Crippen molar-refractivity contribution >= 4 is 40.9 Å². The number of anilines is 2. The zero-order valence-electron chi connectivity index (χ0n) is 28.6. The Bertz CT molecular complexity index is 2090. The number of ether oxygens (including phenoxy) is 1. The number of benzene rings is 2. The van der Waals surface area contributed by atoms with Gasteiger partial charge in [0.2, 0.25) is 11.8 Å². The number of hydrogen-bond donors (Lipinski definition) is 2. The minimum Gasteiger partial charge on any atom is -0.491 e. The largest absolute Gasteiger partial charge is 0.491 e. The third kappa shape index (κ3) is 6.60. The highest BCUT2D eigenvalue weighted by Crippen LogP contribution is 2.46. The molecule has 0 radical (unpaired) electrons. The van der Waals surface area contributed by atoms with E-state index in [1.807, 2.05) is 11.8 Å². The lowest BCUT2D eigenvalue weighted by molar-refractivity contribution is -0.138. The van der Waals surface area contributed by atoms with Crippen LogP contribution in [0, 0.1) is 23.2 Å². The number of alkyl halides is 3. The molecule has 12 nitrogen and oxygen atoms in total. The molecule has 52 heavy (non-hydrogen) atoms. The number of carbonyl (C=O) groups excluding carboxylic acids is 5. The molecule has 270 valence electrons. The fraction of sp³-hybridized carbons (Fsp3) is 0.405. The standard InChI is InChI=1S/C37H35F3N6O6/c1-35(2,34(51)42-27-9-6-23(37(38,39)40)14-29(27)52-20-36(3)12-13-36)45-19-21(16-41-45)4-5-22-17-44(18-22)24-7-8-25-26(15-24)33(50)46(32(25)49)28-10-11-30(47)43-31(28)48/h6-9,14-16,19,22,28H,10-13,17-18,20H2,1-3H3,(H,42,51)(H,43,47,48). The van der Waals surface area contributed by atoms with Crippen molar-refractivity contribution < 1.29 is 41.9 Å². The van der Waals surface area contributed by atoms with E-state index in [1.54, 1.807) is 38.2 Å². The Morgan fingerprint density at radius 2 is 1.79 bits per heavy atom. The number of aromatic nitrogens is 2. The molecule has 1 unspecified atom stereocenters. The molecule has 2 aromatic carbocycles. The molecular formula is C37H35F3N6O6. The molecule has 7 rings (SSSR count). The quantitative estimate of drug-likeness (QED) is 0.259. The second kappa shape index (κ2) is 12.5. The van der Waals surface area contributed by atoms with Crippen LogP contribution in [-0.2, 0) is 26.1 Å². The molecule has 4 aliphatic rings. The summed E-state index contributed by atoms with van der Waals surface area (Å²) in [7, 11) is 0. The Morgan fingerprint density at radius 1 is 1.06 bits per heavy atom. The molecule has 3 aliphatic heterocycles. The van der Waals surface area contributed by atoms with Crippen LogP contribution in [0.2, 0.25) is 0 Å². The van der Waals surface area contributed by atoms with Crippen molar-refractivity contribution in [3.8, 4) is 17.6 Å². The van der Waals surface area contributed by atoms with Gasteiger partial charge in [-0.15, -0.1) is 0 Å². The minimum absolute atomic E-state index is 0.0128. The van der Waals surface area contributed by atoms with Crippen molar-refractivity contribution in [3.63, 3.8) is 0 Å². The van der Waals surface area contributed by atoms with E-state index in [9.17, 15) is 37.1 Å². The summed E-state index contributed by atoms with van der Waals surface area (Å²) in [5.41, 5.74) is -0.374. The highest BCUT2D eigenvalue weighted by atomic mass is 19.4. The van der Waals surface area contributed by atoms with Gasteiger partial charge in [-0.2, -0.15) is 18.3 Å². The second-order valence-corrected chi connectivity index (χ2v) is 14.5. The molecule has 1 aliphatic carbocycles. The molecule has 1 aromatic heterocycles. The Kier molecular flexibility index (Phi) is 8.39. The number of fused-ring (bicyclic) bond motifs is 1. The van der Waals surface area contributed by atoms with E-state index in [0.717, 1.165) is 35.6 Å². The first-order valence-corrected chi connectivity index (χ1v) is 16.9. The molecule has 0 spiro atoms. The van der Waals surface area contributed by atoms with Crippen molar-refractivity contribution in [2.45, 2.75) is 64.2 Å². The Labute approximate surface area is 296 Å².